The molecular weight excluding hydrogens is 290 g/mol. The molecule has 0 saturated heterocycles. The Morgan fingerprint density at radius 2 is 1.96 bits per heavy atom. The fourth-order valence-corrected chi connectivity index (χ4v) is 2.87. The molecule has 1 amide bonds. The van der Waals surface area contributed by atoms with Gasteiger partial charge in [-0.15, -0.1) is 0 Å². The van der Waals surface area contributed by atoms with E-state index in [0.29, 0.717) is 23.2 Å². The van der Waals surface area contributed by atoms with Crippen molar-refractivity contribution in [2.75, 3.05) is 17.7 Å². The van der Waals surface area contributed by atoms with Crippen LogP contribution >= 0.6 is 0 Å². The predicted molar refractivity (Wildman–Crippen MR) is 91.1 cm³/mol. The molecule has 5 heteroatoms. The minimum Gasteiger partial charge on any atom is -0.496 e. The molecule has 1 aliphatic rings. The van der Waals surface area contributed by atoms with Crippen molar-refractivity contribution >= 4 is 17.4 Å². The van der Waals surface area contributed by atoms with Crippen molar-refractivity contribution in [2.45, 2.75) is 31.7 Å². The van der Waals surface area contributed by atoms with E-state index in [1.165, 1.54) is 25.7 Å². The number of aromatic nitrogens is 1. The van der Waals surface area contributed by atoms with Gasteiger partial charge in [-0.2, -0.15) is 0 Å². The number of carbonyl (C=O) groups is 1. The number of nitrogens with one attached hydrogen (secondary N) is 2. The molecule has 0 aliphatic heterocycles. The summed E-state index contributed by atoms with van der Waals surface area (Å²) in [6.07, 6.45) is 6.77. The first-order chi connectivity index (χ1) is 11.3. The van der Waals surface area contributed by atoms with Crippen LogP contribution in [-0.4, -0.2) is 24.0 Å². The summed E-state index contributed by atoms with van der Waals surface area (Å²) in [5, 5.41) is 6.27. The number of hydrogen-bond donors (Lipinski definition) is 2. The number of methoxy groups -OCH3 is 1. The predicted octanol–water partition coefficient (Wildman–Crippen LogP) is 3.70. The van der Waals surface area contributed by atoms with Gasteiger partial charge in [0.05, 0.1) is 24.6 Å². The largest absolute Gasteiger partial charge is 0.496 e. The standard InChI is InChI=1S/C18H21N3O2/c1-23-16-9-5-4-8-15(16)18(22)21-17-11-10-14(12-19-17)20-13-6-2-3-7-13/h4-5,8-13,20H,2-3,6-7H2,1H3,(H,19,21,22). The van der Waals surface area contributed by atoms with Crippen molar-refractivity contribution in [3.8, 4) is 5.75 Å². The maximum Gasteiger partial charge on any atom is 0.260 e. The first-order valence-corrected chi connectivity index (χ1v) is 7.93. The van der Waals surface area contributed by atoms with Gasteiger partial charge < -0.3 is 15.4 Å². The number of para-hydroxylation sites is 1. The Kier molecular flexibility index (Phi) is 4.76. The van der Waals surface area contributed by atoms with E-state index >= 15 is 0 Å². The number of rotatable bonds is 5. The molecule has 2 aromatic rings. The van der Waals surface area contributed by atoms with Crippen LogP contribution in [0.2, 0.25) is 0 Å². The normalized spacial score (nSPS) is 14.5. The molecule has 0 bridgehead atoms. The van der Waals surface area contributed by atoms with Crippen LogP contribution < -0.4 is 15.4 Å². The number of benzene rings is 1. The Bertz CT molecular complexity index is 664. The molecule has 0 radical (unpaired) electrons. The van der Waals surface area contributed by atoms with Gasteiger partial charge in [0.25, 0.3) is 5.91 Å². The van der Waals surface area contributed by atoms with E-state index in [0.717, 1.165) is 5.69 Å². The van der Waals surface area contributed by atoms with Crippen LogP contribution in [0.25, 0.3) is 0 Å². The molecular formula is C18H21N3O2. The molecule has 5 nitrogen and oxygen atoms in total. The van der Waals surface area contributed by atoms with Gasteiger partial charge in [0.1, 0.15) is 11.6 Å². The molecule has 1 aliphatic carbocycles. The third-order valence-electron chi connectivity index (χ3n) is 4.08. The van der Waals surface area contributed by atoms with Crippen molar-refractivity contribution in [3.05, 3.63) is 48.2 Å². The minimum atomic E-state index is -0.230. The van der Waals surface area contributed by atoms with Gasteiger partial charge in [-0.05, 0) is 37.1 Å². The van der Waals surface area contributed by atoms with Crippen LogP contribution in [0.1, 0.15) is 36.0 Å². The van der Waals surface area contributed by atoms with Crippen LogP contribution in [0.15, 0.2) is 42.6 Å². The van der Waals surface area contributed by atoms with Crippen molar-refractivity contribution in [3.63, 3.8) is 0 Å². The summed E-state index contributed by atoms with van der Waals surface area (Å²) in [7, 11) is 1.55. The van der Waals surface area contributed by atoms with E-state index in [2.05, 4.69) is 15.6 Å². The lowest BCUT2D eigenvalue weighted by atomic mass is 10.2. The highest BCUT2D eigenvalue weighted by Gasteiger charge is 2.15. The fraction of sp³-hybridized carbons (Fsp3) is 0.333. The zero-order chi connectivity index (χ0) is 16.1. The lowest BCUT2D eigenvalue weighted by Gasteiger charge is -2.13. The summed E-state index contributed by atoms with van der Waals surface area (Å²) in [5.41, 5.74) is 1.48. The van der Waals surface area contributed by atoms with E-state index in [4.69, 9.17) is 4.74 Å². The summed E-state index contributed by atoms with van der Waals surface area (Å²) in [4.78, 5) is 16.6. The van der Waals surface area contributed by atoms with E-state index in [1.807, 2.05) is 18.2 Å². The van der Waals surface area contributed by atoms with Crippen LogP contribution in [0, 0.1) is 0 Å². The van der Waals surface area contributed by atoms with Crippen LogP contribution in [0.5, 0.6) is 5.75 Å². The summed E-state index contributed by atoms with van der Waals surface area (Å²) in [5.74, 6) is 0.842. The summed E-state index contributed by atoms with van der Waals surface area (Å²) in [6.45, 7) is 0. The Labute approximate surface area is 136 Å². The molecule has 1 heterocycles. The molecule has 120 valence electrons. The number of nitrogens with zero attached hydrogens (tertiary/aromatic N) is 1. The lowest BCUT2D eigenvalue weighted by molar-refractivity contribution is 0.102. The number of ether oxygens (including phenoxy) is 1. The van der Waals surface area contributed by atoms with E-state index in [9.17, 15) is 4.79 Å². The highest BCUT2D eigenvalue weighted by molar-refractivity contribution is 6.05. The molecule has 0 spiro atoms. The first kappa shape index (κ1) is 15.3. The molecule has 3 rings (SSSR count). The number of anilines is 2. The van der Waals surface area contributed by atoms with E-state index in [-0.39, 0.29) is 5.91 Å². The van der Waals surface area contributed by atoms with Crippen molar-refractivity contribution in [1.82, 2.24) is 4.98 Å². The Morgan fingerprint density at radius 1 is 1.17 bits per heavy atom. The molecule has 2 N–H and O–H groups in total. The van der Waals surface area contributed by atoms with Gasteiger partial charge in [0.2, 0.25) is 0 Å². The van der Waals surface area contributed by atoms with E-state index in [1.54, 1.807) is 31.5 Å². The number of pyridine rings is 1. The topological polar surface area (TPSA) is 63.2 Å². The van der Waals surface area contributed by atoms with Gasteiger partial charge in [0.15, 0.2) is 0 Å². The lowest BCUT2D eigenvalue weighted by Crippen LogP contribution is -2.16. The second-order valence-electron chi connectivity index (χ2n) is 5.71. The summed E-state index contributed by atoms with van der Waals surface area (Å²) < 4.78 is 5.21. The molecule has 1 saturated carbocycles. The first-order valence-electron chi connectivity index (χ1n) is 7.93. The minimum absolute atomic E-state index is 0.230. The number of carbonyl (C=O) groups excluding carboxylic acids is 1. The quantitative estimate of drug-likeness (QED) is 0.884. The molecule has 0 unspecified atom stereocenters. The highest BCUT2D eigenvalue weighted by atomic mass is 16.5. The Hall–Kier alpha value is -2.56. The third kappa shape index (κ3) is 3.80. The number of amides is 1. The molecule has 1 aromatic carbocycles. The second-order valence-corrected chi connectivity index (χ2v) is 5.71. The molecule has 0 atom stereocenters. The van der Waals surface area contributed by atoms with Crippen LogP contribution in [0.3, 0.4) is 0 Å². The van der Waals surface area contributed by atoms with Gasteiger partial charge >= 0.3 is 0 Å². The summed E-state index contributed by atoms with van der Waals surface area (Å²) in [6, 6.07) is 11.4. The average Bonchev–Trinajstić information content (AvgIpc) is 3.09. The van der Waals surface area contributed by atoms with Crippen LogP contribution in [0.4, 0.5) is 11.5 Å². The van der Waals surface area contributed by atoms with Crippen molar-refractivity contribution < 1.29 is 9.53 Å². The van der Waals surface area contributed by atoms with Gasteiger partial charge in [0, 0.05) is 6.04 Å². The fourth-order valence-electron chi connectivity index (χ4n) is 2.87. The molecule has 1 aromatic heterocycles. The molecule has 1 fully saturated rings. The maximum absolute atomic E-state index is 12.3. The van der Waals surface area contributed by atoms with Gasteiger partial charge in [-0.3, -0.25) is 4.79 Å². The zero-order valence-electron chi connectivity index (χ0n) is 13.2. The van der Waals surface area contributed by atoms with Crippen molar-refractivity contribution in [1.29, 1.82) is 0 Å². The number of hydrogen-bond acceptors (Lipinski definition) is 4. The van der Waals surface area contributed by atoms with E-state index < -0.39 is 0 Å². The Balaban J connectivity index is 1.64. The molecule has 23 heavy (non-hydrogen) atoms. The van der Waals surface area contributed by atoms with Crippen molar-refractivity contribution in [2.24, 2.45) is 0 Å². The monoisotopic (exact) mass is 311 g/mol. The highest BCUT2D eigenvalue weighted by Crippen LogP contribution is 2.23. The second kappa shape index (κ2) is 7.13. The van der Waals surface area contributed by atoms with Gasteiger partial charge in [-0.25, -0.2) is 4.98 Å². The average molecular weight is 311 g/mol. The smallest absolute Gasteiger partial charge is 0.260 e. The summed E-state index contributed by atoms with van der Waals surface area (Å²) >= 11 is 0. The van der Waals surface area contributed by atoms with Gasteiger partial charge in [-0.1, -0.05) is 25.0 Å². The van der Waals surface area contributed by atoms with Crippen LogP contribution in [-0.2, 0) is 0 Å². The third-order valence-corrected chi connectivity index (χ3v) is 4.08. The SMILES string of the molecule is COc1ccccc1C(=O)Nc1ccc(NC2CCCC2)cn1. The zero-order valence-corrected chi connectivity index (χ0v) is 13.2. The Morgan fingerprint density at radius 3 is 2.65 bits per heavy atom. The maximum atomic E-state index is 12.3.